The number of carbonyl (C=O) groups excluding carboxylic acids is 1. The molecule has 0 aliphatic heterocycles. The van der Waals surface area contributed by atoms with E-state index in [0.29, 0.717) is 16.1 Å². The van der Waals surface area contributed by atoms with Crippen molar-refractivity contribution in [2.75, 3.05) is 6.54 Å². The number of amides is 1. The molecule has 2 rings (SSSR count). The van der Waals surface area contributed by atoms with Crippen LogP contribution in [-0.2, 0) is 11.2 Å². The SMILES string of the molecule is O=C(Cc1ccc(O)cc1Cl)NCC(O)c1ccncc1. The van der Waals surface area contributed by atoms with E-state index in [9.17, 15) is 15.0 Å². The van der Waals surface area contributed by atoms with Crippen LogP contribution in [0.4, 0.5) is 0 Å². The molecular weight excluding hydrogens is 292 g/mol. The molecule has 0 aliphatic carbocycles. The Balaban J connectivity index is 1.87. The first-order valence-corrected chi connectivity index (χ1v) is 6.76. The maximum absolute atomic E-state index is 11.8. The van der Waals surface area contributed by atoms with Gasteiger partial charge in [-0.3, -0.25) is 9.78 Å². The molecule has 21 heavy (non-hydrogen) atoms. The zero-order chi connectivity index (χ0) is 15.2. The van der Waals surface area contributed by atoms with Gasteiger partial charge in [0.15, 0.2) is 0 Å². The molecule has 0 saturated carbocycles. The predicted molar refractivity (Wildman–Crippen MR) is 79.0 cm³/mol. The first-order chi connectivity index (χ1) is 10.1. The zero-order valence-electron chi connectivity index (χ0n) is 11.2. The van der Waals surface area contributed by atoms with E-state index in [2.05, 4.69) is 10.3 Å². The van der Waals surface area contributed by atoms with Crippen molar-refractivity contribution in [1.29, 1.82) is 0 Å². The highest BCUT2D eigenvalue weighted by Crippen LogP contribution is 2.21. The third-order valence-electron chi connectivity index (χ3n) is 2.97. The van der Waals surface area contributed by atoms with E-state index in [1.54, 1.807) is 30.6 Å². The number of phenols is 1. The summed E-state index contributed by atoms with van der Waals surface area (Å²) in [5.41, 5.74) is 1.30. The van der Waals surface area contributed by atoms with E-state index < -0.39 is 6.10 Å². The van der Waals surface area contributed by atoms with Gasteiger partial charge >= 0.3 is 0 Å². The van der Waals surface area contributed by atoms with Crippen LogP contribution in [0.1, 0.15) is 17.2 Å². The van der Waals surface area contributed by atoms with Gasteiger partial charge in [0.1, 0.15) is 5.75 Å². The fourth-order valence-corrected chi connectivity index (χ4v) is 2.07. The van der Waals surface area contributed by atoms with Gasteiger partial charge in [0, 0.05) is 24.0 Å². The van der Waals surface area contributed by atoms with E-state index in [1.807, 2.05) is 0 Å². The maximum atomic E-state index is 11.8. The average Bonchev–Trinajstić information content (AvgIpc) is 2.48. The van der Waals surface area contributed by atoms with Crippen LogP contribution in [0.5, 0.6) is 5.75 Å². The fraction of sp³-hybridized carbons (Fsp3) is 0.200. The molecule has 1 aromatic heterocycles. The number of hydrogen-bond acceptors (Lipinski definition) is 4. The molecule has 1 aromatic carbocycles. The fourth-order valence-electron chi connectivity index (χ4n) is 1.83. The number of aliphatic hydroxyl groups excluding tert-OH is 1. The van der Waals surface area contributed by atoms with Crippen LogP contribution in [-0.4, -0.2) is 27.6 Å². The summed E-state index contributed by atoms with van der Waals surface area (Å²) in [7, 11) is 0. The van der Waals surface area contributed by atoms with Crippen molar-refractivity contribution in [2.45, 2.75) is 12.5 Å². The number of phenolic OH excluding ortho intramolecular Hbond substituents is 1. The van der Waals surface area contributed by atoms with Crippen LogP contribution in [0.2, 0.25) is 5.02 Å². The van der Waals surface area contributed by atoms with E-state index in [1.165, 1.54) is 12.1 Å². The summed E-state index contributed by atoms with van der Waals surface area (Å²) in [5, 5.41) is 22.1. The number of aromatic hydroxyl groups is 1. The van der Waals surface area contributed by atoms with Crippen LogP contribution >= 0.6 is 11.6 Å². The molecule has 1 heterocycles. The summed E-state index contributed by atoms with van der Waals surface area (Å²) >= 11 is 5.94. The van der Waals surface area contributed by atoms with Gasteiger partial charge in [-0.25, -0.2) is 0 Å². The lowest BCUT2D eigenvalue weighted by molar-refractivity contribution is -0.120. The van der Waals surface area contributed by atoms with Crippen molar-refractivity contribution < 1.29 is 15.0 Å². The topological polar surface area (TPSA) is 82.5 Å². The first-order valence-electron chi connectivity index (χ1n) is 6.38. The Morgan fingerprint density at radius 1 is 1.29 bits per heavy atom. The number of hydrogen-bond donors (Lipinski definition) is 3. The number of aliphatic hydroxyl groups is 1. The monoisotopic (exact) mass is 306 g/mol. The van der Waals surface area contributed by atoms with E-state index in [-0.39, 0.29) is 24.6 Å². The Labute approximate surface area is 127 Å². The Bertz CT molecular complexity index is 620. The molecule has 1 atom stereocenters. The average molecular weight is 307 g/mol. The van der Waals surface area contributed by atoms with Gasteiger partial charge in [0.05, 0.1) is 12.5 Å². The Hall–Kier alpha value is -2.11. The highest BCUT2D eigenvalue weighted by molar-refractivity contribution is 6.31. The van der Waals surface area contributed by atoms with E-state index in [0.717, 1.165) is 0 Å². The Morgan fingerprint density at radius 2 is 2.00 bits per heavy atom. The second-order valence-electron chi connectivity index (χ2n) is 4.55. The number of rotatable bonds is 5. The molecule has 6 heteroatoms. The molecule has 0 bridgehead atoms. The van der Waals surface area contributed by atoms with E-state index >= 15 is 0 Å². The molecule has 1 amide bonds. The number of aromatic nitrogens is 1. The lowest BCUT2D eigenvalue weighted by Gasteiger charge is -2.12. The molecule has 5 nitrogen and oxygen atoms in total. The van der Waals surface area contributed by atoms with Crippen molar-refractivity contribution >= 4 is 17.5 Å². The highest BCUT2D eigenvalue weighted by Gasteiger charge is 2.11. The Kier molecular flexibility index (Phi) is 5.14. The van der Waals surface area contributed by atoms with Crippen molar-refractivity contribution in [3.63, 3.8) is 0 Å². The third-order valence-corrected chi connectivity index (χ3v) is 3.32. The van der Waals surface area contributed by atoms with Crippen molar-refractivity contribution in [3.05, 3.63) is 58.9 Å². The smallest absolute Gasteiger partial charge is 0.224 e. The zero-order valence-corrected chi connectivity index (χ0v) is 11.9. The van der Waals surface area contributed by atoms with Gasteiger partial charge in [0.2, 0.25) is 5.91 Å². The van der Waals surface area contributed by atoms with Gasteiger partial charge in [-0.15, -0.1) is 0 Å². The molecule has 1 unspecified atom stereocenters. The van der Waals surface area contributed by atoms with Crippen LogP contribution in [0, 0.1) is 0 Å². The number of nitrogens with one attached hydrogen (secondary N) is 1. The third kappa shape index (κ3) is 4.44. The summed E-state index contributed by atoms with van der Waals surface area (Å²) < 4.78 is 0. The summed E-state index contributed by atoms with van der Waals surface area (Å²) in [5.74, 6) is -0.201. The lowest BCUT2D eigenvalue weighted by Crippen LogP contribution is -2.29. The number of pyridine rings is 1. The minimum atomic E-state index is -0.785. The van der Waals surface area contributed by atoms with Crippen LogP contribution in [0.3, 0.4) is 0 Å². The summed E-state index contributed by atoms with van der Waals surface area (Å²) in [6.07, 6.45) is 2.46. The van der Waals surface area contributed by atoms with Gasteiger partial charge in [-0.2, -0.15) is 0 Å². The molecule has 0 fully saturated rings. The minimum absolute atomic E-state index is 0.0530. The van der Waals surface area contributed by atoms with Gasteiger partial charge in [0.25, 0.3) is 0 Å². The van der Waals surface area contributed by atoms with Crippen LogP contribution < -0.4 is 5.32 Å². The number of benzene rings is 1. The second kappa shape index (κ2) is 7.06. The summed E-state index contributed by atoms with van der Waals surface area (Å²) in [6.45, 7) is 0.110. The number of nitrogens with zero attached hydrogens (tertiary/aromatic N) is 1. The van der Waals surface area contributed by atoms with Crippen LogP contribution in [0.25, 0.3) is 0 Å². The maximum Gasteiger partial charge on any atom is 0.224 e. The predicted octanol–water partition coefficient (Wildman–Crippen LogP) is 1.83. The molecule has 0 radical (unpaired) electrons. The molecule has 3 N–H and O–H groups in total. The van der Waals surface area contributed by atoms with Gasteiger partial charge in [-0.05, 0) is 35.4 Å². The summed E-state index contributed by atoms with van der Waals surface area (Å²) in [4.78, 5) is 15.7. The standard InChI is InChI=1S/C15H15ClN2O3/c16-13-8-12(19)2-1-11(13)7-15(21)18-9-14(20)10-3-5-17-6-4-10/h1-6,8,14,19-20H,7,9H2,(H,18,21). The molecule has 0 aliphatic rings. The first kappa shape index (κ1) is 15.3. The quantitative estimate of drug-likeness (QED) is 0.787. The van der Waals surface area contributed by atoms with Crippen LogP contribution in [0.15, 0.2) is 42.7 Å². The molecule has 2 aromatic rings. The Morgan fingerprint density at radius 3 is 2.67 bits per heavy atom. The highest BCUT2D eigenvalue weighted by atomic mass is 35.5. The largest absolute Gasteiger partial charge is 0.508 e. The number of halogens is 1. The lowest BCUT2D eigenvalue weighted by atomic mass is 10.1. The molecule has 0 saturated heterocycles. The number of carbonyl (C=O) groups is 1. The normalized spacial score (nSPS) is 11.9. The molecule has 110 valence electrons. The molecular formula is C15H15ClN2O3. The van der Waals surface area contributed by atoms with E-state index in [4.69, 9.17) is 11.6 Å². The summed E-state index contributed by atoms with van der Waals surface area (Å²) in [6, 6.07) is 7.83. The van der Waals surface area contributed by atoms with Crippen molar-refractivity contribution in [1.82, 2.24) is 10.3 Å². The second-order valence-corrected chi connectivity index (χ2v) is 4.96. The molecule has 0 spiro atoms. The van der Waals surface area contributed by atoms with Gasteiger partial charge in [-0.1, -0.05) is 17.7 Å². The van der Waals surface area contributed by atoms with Crippen molar-refractivity contribution in [2.24, 2.45) is 0 Å². The van der Waals surface area contributed by atoms with Crippen molar-refractivity contribution in [3.8, 4) is 5.75 Å². The van der Waals surface area contributed by atoms with Gasteiger partial charge < -0.3 is 15.5 Å². The minimum Gasteiger partial charge on any atom is -0.508 e.